The van der Waals surface area contributed by atoms with Gasteiger partial charge in [-0.25, -0.2) is 4.79 Å². The van der Waals surface area contributed by atoms with E-state index in [0.29, 0.717) is 18.8 Å². The van der Waals surface area contributed by atoms with Crippen LogP contribution in [0.1, 0.15) is 27.2 Å². The number of aromatic nitrogens is 1. The maximum Gasteiger partial charge on any atom is 0.415 e. The van der Waals surface area contributed by atoms with Gasteiger partial charge in [-0.15, -0.1) is 0 Å². The molecule has 0 aliphatic heterocycles. The maximum atomic E-state index is 11.8. The van der Waals surface area contributed by atoms with Crippen LogP contribution in [-0.2, 0) is 0 Å². The SMILES string of the molecule is CCCNc1ccncc1OC(=O)N(CC)CC. The van der Waals surface area contributed by atoms with Crippen LogP contribution in [0.5, 0.6) is 5.75 Å². The summed E-state index contributed by atoms with van der Waals surface area (Å²) in [6.45, 7) is 8.02. The fourth-order valence-electron chi connectivity index (χ4n) is 1.51. The Kier molecular flexibility index (Phi) is 5.97. The third-order valence-corrected chi connectivity index (χ3v) is 2.57. The molecule has 0 radical (unpaired) electrons. The van der Waals surface area contributed by atoms with Crippen LogP contribution in [-0.4, -0.2) is 35.6 Å². The summed E-state index contributed by atoms with van der Waals surface area (Å²) in [4.78, 5) is 17.5. The molecule has 1 rings (SSSR count). The number of rotatable bonds is 6. The number of anilines is 1. The number of nitrogens with zero attached hydrogens (tertiary/aromatic N) is 2. The zero-order chi connectivity index (χ0) is 13.4. The van der Waals surface area contributed by atoms with Crippen LogP contribution >= 0.6 is 0 Å². The molecule has 1 aromatic rings. The summed E-state index contributed by atoms with van der Waals surface area (Å²) in [5.41, 5.74) is 0.798. The predicted molar refractivity (Wildman–Crippen MR) is 72.0 cm³/mol. The lowest BCUT2D eigenvalue weighted by molar-refractivity contribution is 0.157. The predicted octanol–water partition coefficient (Wildman–Crippen LogP) is 2.74. The summed E-state index contributed by atoms with van der Waals surface area (Å²) in [5.74, 6) is 0.475. The van der Waals surface area contributed by atoms with Crippen LogP contribution < -0.4 is 10.1 Å². The molecule has 0 spiro atoms. The average molecular weight is 251 g/mol. The Morgan fingerprint density at radius 1 is 1.39 bits per heavy atom. The van der Waals surface area contributed by atoms with Crippen molar-refractivity contribution in [3.63, 3.8) is 0 Å². The molecule has 0 atom stereocenters. The number of carbonyl (C=O) groups is 1. The van der Waals surface area contributed by atoms with Gasteiger partial charge in [0.1, 0.15) is 0 Å². The first-order valence-corrected chi connectivity index (χ1v) is 6.37. The van der Waals surface area contributed by atoms with Gasteiger partial charge >= 0.3 is 6.09 Å². The lowest BCUT2D eigenvalue weighted by atomic mass is 10.3. The monoisotopic (exact) mass is 251 g/mol. The van der Waals surface area contributed by atoms with Crippen LogP contribution in [0.2, 0.25) is 0 Å². The largest absolute Gasteiger partial charge is 0.415 e. The Bertz CT molecular complexity index is 378. The van der Waals surface area contributed by atoms with Gasteiger partial charge in [0, 0.05) is 25.8 Å². The van der Waals surface area contributed by atoms with Crippen molar-refractivity contribution in [2.24, 2.45) is 0 Å². The summed E-state index contributed by atoms with van der Waals surface area (Å²) in [6, 6.07) is 1.81. The first-order chi connectivity index (χ1) is 8.72. The summed E-state index contributed by atoms with van der Waals surface area (Å²) < 4.78 is 5.35. The van der Waals surface area contributed by atoms with Gasteiger partial charge in [0.2, 0.25) is 0 Å². The van der Waals surface area contributed by atoms with E-state index in [4.69, 9.17) is 4.74 Å². The average Bonchev–Trinajstić information content (AvgIpc) is 2.39. The molecule has 1 amide bonds. The Labute approximate surface area is 108 Å². The molecule has 1 N–H and O–H groups in total. The number of hydrogen-bond acceptors (Lipinski definition) is 4. The van der Waals surface area contributed by atoms with Crippen LogP contribution in [0.4, 0.5) is 10.5 Å². The highest BCUT2D eigenvalue weighted by atomic mass is 16.6. The highest BCUT2D eigenvalue weighted by molar-refractivity contribution is 5.73. The van der Waals surface area contributed by atoms with Crippen molar-refractivity contribution in [3.8, 4) is 5.75 Å². The third-order valence-electron chi connectivity index (χ3n) is 2.57. The molecule has 5 nitrogen and oxygen atoms in total. The molecule has 18 heavy (non-hydrogen) atoms. The second-order valence-electron chi connectivity index (χ2n) is 3.84. The van der Waals surface area contributed by atoms with E-state index >= 15 is 0 Å². The molecule has 0 fully saturated rings. The maximum absolute atomic E-state index is 11.8. The smallest absolute Gasteiger partial charge is 0.406 e. The third kappa shape index (κ3) is 3.91. The highest BCUT2D eigenvalue weighted by Gasteiger charge is 2.14. The lowest BCUT2D eigenvalue weighted by Crippen LogP contribution is -2.33. The molecule has 0 aromatic carbocycles. The Balaban J connectivity index is 2.73. The second kappa shape index (κ2) is 7.53. The number of nitrogens with one attached hydrogen (secondary N) is 1. The molecule has 0 aliphatic carbocycles. The highest BCUT2D eigenvalue weighted by Crippen LogP contribution is 2.23. The molecule has 100 valence electrons. The molecule has 0 bridgehead atoms. The van der Waals surface area contributed by atoms with E-state index in [1.807, 2.05) is 13.8 Å². The number of hydrogen-bond donors (Lipinski definition) is 1. The van der Waals surface area contributed by atoms with Gasteiger partial charge in [-0.2, -0.15) is 0 Å². The molecule has 0 unspecified atom stereocenters. The molecular weight excluding hydrogens is 230 g/mol. The summed E-state index contributed by atoms with van der Waals surface area (Å²) in [5, 5.41) is 3.21. The van der Waals surface area contributed by atoms with Crippen molar-refractivity contribution in [1.82, 2.24) is 9.88 Å². The van der Waals surface area contributed by atoms with Crippen LogP contribution in [0.15, 0.2) is 18.5 Å². The summed E-state index contributed by atoms with van der Waals surface area (Å²) >= 11 is 0. The number of carbonyl (C=O) groups excluding carboxylic acids is 1. The van der Waals surface area contributed by atoms with Crippen LogP contribution in [0.3, 0.4) is 0 Å². The first kappa shape index (κ1) is 14.3. The van der Waals surface area contributed by atoms with E-state index in [1.165, 1.54) is 0 Å². The molecule has 0 saturated heterocycles. The fraction of sp³-hybridized carbons (Fsp3) is 0.538. The quantitative estimate of drug-likeness (QED) is 0.844. The molecule has 1 aromatic heterocycles. The van der Waals surface area contributed by atoms with E-state index in [9.17, 15) is 4.79 Å². The minimum Gasteiger partial charge on any atom is -0.406 e. The van der Waals surface area contributed by atoms with Crippen molar-refractivity contribution in [3.05, 3.63) is 18.5 Å². The summed E-state index contributed by atoms with van der Waals surface area (Å²) in [6.07, 6.45) is 3.89. The van der Waals surface area contributed by atoms with Crippen molar-refractivity contribution in [2.75, 3.05) is 25.0 Å². The Morgan fingerprint density at radius 2 is 2.11 bits per heavy atom. The van der Waals surface area contributed by atoms with E-state index in [1.54, 1.807) is 23.4 Å². The van der Waals surface area contributed by atoms with Gasteiger partial charge in [-0.05, 0) is 26.3 Å². The summed E-state index contributed by atoms with van der Waals surface area (Å²) in [7, 11) is 0. The van der Waals surface area contributed by atoms with E-state index in [-0.39, 0.29) is 6.09 Å². The molecular formula is C13H21N3O2. The Morgan fingerprint density at radius 3 is 2.72 bits per heavy atom. The number of pyridine rings is 1. The van der Waals surface area contributed by atoms with Crippen molar-refractivity contribution >= 4 is 11.8 Å². The minimum atomic E-state index is -0.340. The van der Waals surface area contributed by atoms with Gasteiger partial charge in [-0.3, -0.25) is 4.98 Å². The van der Waals surface area contributed by atoms with Gasteiger partial charge in [0.25, 0.3) is 0 Å². The molecule has 5 heteroatoms. The topological polar surface area (TPSA) is 54.5 Å². The van der Waals surface area contributed by atoms with E-state index in [2.05, 4.69) is 17.2 Å². The molecule has 0 saturated carbocycles. The fourth-order valence-corrected chi connectivity index (χ4v) is 1.51. The normalized spacial score (nSPS) is 9.94. The first-order valence-electron chi connectivity index (χ1n) is 6.37. The van der Waals surface area contributed by atoms with Crippen molar-refractivity contribution in [1.29, 1.82) is 0 Å². The molecule has 1 heterocycles. The lowest BCUT2D eigenvalue weighted by Gasteiger charge is -2.19. The minimum absolute atomic E-state index is 0.340. The zero-order valence-electron chi connectivity index (χ0n) is 11.3. The zero-order valence-corrected chi connectivity index (χ0v) is 11.3. The number of amides is 1. The van der Waals surface area contributed by atoms with Crippen LogP contribution in [0, 0.1) is 0 Å². The van der Waals surface area contributed by atoms with Gasteiger partial charge in [0.05, 0.1) is 11.9 Å². The van der Waals surface area contributed by atoms with Gasteiger partial charge in [0.15, 0.2) is 5.75 Å². The van der Waals surface area contributed by atoms with E-state index < -0.39 is 0 Å². The van der Waals surface area contributed by atoms with Gasteiger partial charge < -0.3 is 15.0 Å². The van der Waals surface area contributed by atoms with E-state index in [0.717, 1.165) is 18.7 Å². The Hall–Kier alpha value is -1.78. The second-order valence-corrected chi connectivity index (χ2v) is 3.84. The standard InChI is InChI=1S/C13H21N3O2/c1-4-8-15-11-7-9-14-10-12(11)18-13(17)16(5-2)6-3/h7,9-10H,4-6,8H2,1-3H3,(H,14,15). The van der Waals surface area contributed by atoms with Crippen molar-refractivity contribution < 1.29 is 9.53 Å². The molecule has 0 aliphatic rings. The van der Waals surface area contributed by atoms with Gasteiger partial charge in [-0.1, -0.05) is 6.92 Å². The van der Waals surface area contributed by atoms with Crippen molar-refractivity contribution in [2.45, 2.75) is 27.2 Å². The number of ether oxygens (including phenoxy) is 1. The van der Waals surface area contributed by atoms with Crippen LogP contribution in [0.25, 0.3) is 0 Å².